The van der Waals surface area contributed by atoms with Gasteiger partial charge in [0.1, 0.15) is 0 Å². The number of carbonyl (C=O) groups excluding carboxylic acids is 1. The number of guanidine groups is 1. The highest BCUT2D eigenvalue weighted by Gasteiger charge is 2.22. The number of amides is 1. The van der Waals surface area contributed by atoms with E-state index < -0.39 is 0 Å². The van der Waals surface area contributed by atoms with Gasteiger partial charge in [0.15, 0.2) is 5.96 Å². The molecule has 1 aliphatic carbocycles. The molecule has 1 aliphatic rings. The highest BCUT2D eigenvalue weighted by molar-refractivity contribution is 14.0. The van der Waals surface area contributed by atoms with E-state index in [2.05, 4.69) is 53.8 Å². The topological polar surface area (TPSA) is 65.5 Å². The van der Waals surface area contributed by atoms with Crippen LogP contribution in [0.4, 0.5) is 0 Å². The van der Waals surface area contributed by atoms with Crippen LogP contribution >= 0.6 is 35.3 Å². The van der Waals surface area contributed by atoms with Crippen molar-refractivity contribution in [3.63, 3.8) is 0 Å². The van der Waals surface area contributed by atoms with Crippen molar-refractivity contribution >= 4 is 47.2 Å². The third-order valence-electron chi connectivity index (χ3n) is 3.81. The summed E-state index contributed by atoms with van der Waals surface area (Å²) in [6.45, 7) is 7.87. The SMILES string of the molecule is CCNC(=NCCCC(=O)NC1CC1)NC(C)Cc1ccc(C)s1.I. The first-order valence-electron chi connectivity index (χ1n) is 8.96. The first-order chi connectivity index (χ1) is 11.6. The summed E-state index contributed by atoms with van der Waals surface area (Å²) in [5, 5.41) is 9.74. The molecule has 1 aromatic heterocycles. The van der Waals surface area contributed by atoms with Gasteiger partial charge in [-0.05, 0) is 52.2 Å². The maximum Gasteiger partial charge on any atom is 0.220 e. The first kappa shape index (κ1) is 22.2. The van der Waals surface area contributed by atoms with Gasteiger partial charge in [0, 0.05) is 47.8 Å². The van der Waals surface area contributed by atoms with Gasteiger partial charge in [0.25, 0.3) is 0 Å². The van der Waals surface area contributed by atoms with Crippen molar-refractivity contribution < 1.29 is 4.79 Å². The number of carbonyl (C=O) groups is 1. The van der Waals surface area contributed by atoms with Gasteiger partial charge < -0.3 is 16.0 Å². The quantitative estimate of drug-likeness (QED) is 0.221. The van der Waals surface area contributed by atoms with Crippen LogP contribution in [-0.4, -0.2) is 37.0 Å². The highest BCUT2D eigenvalue weighted by Crippen LogP contribution is 2.18. The predicted molar refractivity (Wildman–Crippen MR) is 117 cm³/mol. The van der Waals surface area contributed by atoms with Crippen LogP contribution < -0.4 is 16.0 Å². The second-order valence-electron chi connectivity index (χ2n) is 6.47. The molecule has 0 aromatic carbocycles. The van der Waals surface area contributed by atoms with Crippen LogP contribution in [0.25, 0.3) is 0 Å². The minimum atomic E-state index is 0. The molecule has 3 N–H and O–H groups in total. The first-order valence-corrected chi connectivity index (χ1v) is 9.78. The zero-order valence-electron chi connectivity index (χ0n) is 15.4. The molecular weight excluding hydrogens is 447 g/mol. The second-order valence-corrected chi connectivity index (χ2v) is 7.84. The summed E-state index contributed by atoms with van der Waals surface area (Å²) in [5.41, 5.74) is 0. The Labute approximate surface area is 172 Å². The summed E-state index contributed by atoms with van der Waals surface area (Å²) in [4.78, 5) is 19.0. The molecule has 2 rings (SSSR count). The van der Waals surface area contributed by atoms with Crippen molar-refractivity contribution in [1.29, 1.82) is 0 Å². The fourth-order valence-corrected chi connectivity index (χ4v) is 3.48. The number of halogens is 1. The van der Waals surface area contributed by atoms with E-state index in [-0.39, 0.29) is 29.9 Å². The zero-order valence-corrected chi connectivity index (χ0v) is 18.6. The molecule has 1 unspecified atom stereocenters. The maximum atomic E-state index is 11.7. The van der Waals surface area contributed by atoms with E-state index in [0.717, 1.165) is 38.2 Å². The molecule has 5 nitrogen and oxygen atoms in total. The van der Waals surface area contributed by atoms with E-state index in [1.807, 2.05) is 11.3 Å². The number of aliphatic imine (C=N–C) groups is 1. The van der Waals surface area contributed by atoms with Crippen LogP contribution in [0.5, 0.6) is 0 Å². The van der Waals surface area contributed by atoms with Gasteiger partial charge in [-0.2, -0.15) is 0 Å². The van der Waals surface area contributed by atoms with Gasteiger partial charge in [-0.3, -0.25) is 9.79 Å². The van der Waals surface area contributed by atoms with E-state index >= 15 is 0 Å². The van der Waals surface area contributed by atoms with Crippen molar-refractivity contribution in [2.75, 3.05) is 13.1 Å². The number of aryl methyl sites for hydroxylation is 1. The maximum absolute atomic E-state index is 11.7. The number of rotatable bonds is 9. The van der Waals surface area contributed by atoms with Gasteiger partial charge >= 0.3 is 0 Å². The molecule has 0 bridgehead atoms. The molecule has 7 heteroatoms. The average Bonchev–Trinajstić information content (AvgIpc) is 3.24. The van der Waals surface area contributed by atoms with Gasteiger partial charge in [-0.15, -0.1) is 35.3 Å². The Morgan fingerprint density at radius 2 is 2.16 bits per heavy atom. The molecule has 25 heavy (non-hydrogen) atoms. The fourth-order valence-electron chi connectivity index (χ4n) is 2.46. The van der Waals surface area contributed by atoms with Crippen molar-refractivity contribution in [2.24, 2.45) is 4.99 Å². The van der Waals surface area contributed by atoms with Crippen LogP contribution in [0.3, 0.4) is 0 Å². The Bertz CT molecular complexity index is 557. The number of thiophene rings is 1. The van der Waals surface area contributed by atoms with Gasteiger partial charge in [-0.1, -0.05) is 0 Å². The Kier molecular flexibility index (Phi) is 10.4. The van der Waals surface area contributed by atoms with Crippen LogP contribution in [-0.2, 0) is 11.2 Å². The average molecular weight is 478 g/mol. The number of hydrogen-bond donors (Lipinski definition) is 3. The molecular formula is C18H31IN4OS. The molecule has 1 aromatic rings. The largest absolute Gasteiger partial charge is 0.357 e. The van der Waals surface area contributed by atoms with Gasteiger partial charge in [0.05, 0.1) is 0 Å². The van der Waals surface area contributed by atoms with E-state index in [1.165, 1.54) is 9.75 Å². The number of nitrogens with zero attached hydrogens (tertiary/aromatic N) is 1. The van der Waals surface area contributed by atoms with E-state index in [1.54, 1.807) is 0 Å². The van der Waals surface area contributed by atoms with E-state index in [4.69, 9.17) is 0 Å². The summed E-state index contributed by atoms with van der Waals surface area (Å²) >= 11 is 1.85. The Morgan fingerprint density at radius 3 is 2.76 bits per heavy atom. The lowest BCUT2D eigenvalue weighted by atomic mass is 10.2. The second kappa shape index (κ2) is 11.7. The van der Waals surface area contributed by atoms with Crippen molar-refractivity contribution in [1.82, 2.24) is 16.0 Å². The minimum Gasteiger partial charge on any atom is -0.357 e. The van der Waals surface area contributed by atoms with Crippen molar-refractivity contribution in [3.8, 4) is 0 Å². The molecule has 0 aliphatic heterocycles. The lowest BCUT2D eigenvalue weighted by Gasteiger charge is -2.17. The normalized spacial score (nSPS) is 15.2. The summed E-state index contributed by atoms with van der Waals surface area (Å²) in [7, 11) is 0. The third-order valence-corrected chi connectivity index (χ3v) is 4.83. The number of nitrogens with one attached hydrogen (secondary N) is 3. The molecule has 1 fully saturated rings. The molecule has 0 saturated heterocycles. The summed E-state index contributed by atoms with van der Waals surface area (Å²) in [6.07, 6.45) is 4.61. The van der Waals surface area contributed by atoms with Crippen LogP contribution in [0, 0.1) is 6.92 Å². The Hall–Kier alpha value is -0.830. The lowest BCUT2D eigenvalue weighted by molar-refractivity contribution is -0.121. The van der Waals surface area contributed by atoms with Crippen LogP contribution in [0.2, 0.25) is 0 Å². The lowest BCUT2D eigenvalue weighted by Crippen LogP contribution is -2.43. The molecule has 0 spiro atoms. The monoisotopic (exact) mass is 478 g/mol. The Balaban J connectivity index is 0.00000312. The molecule has 1 amide bonds. The summed E-state index contributed by atoms with van der Waals surface area (Å²) in [5.74, 6) is 0.993. The smallest absolute Gasteiger partial charge is 0.220 e. The fraction of sp³-hybridized carbons (Fsp3) is 0.667. The van der Waals surface area contributed by atoms with Crippen molar-refractivity contribution in [2.45, 2.75) is 65.0 Å². The Morgan fingerprint density at radius 1 is 1.40 bits per heavy atom. The van der Waals surface area contributed by atoms with Gasteiger partial charge in [-0.25, -0.2) is 0 Å². The highest BCUT2D eigenvalue weighted by atomic mass is 127. The summed E-state index contributed by atoms with van der Waals surface area (Å²) < 4.78 is 0. The van der Waals surface area contributed by atoms with Crippen LogP contribution in [0.1, 0.15) is 49.3 Å². The molecule has 142 valence electrons. The minimum absolute atomic E-state index is 0. The van der Waals surface area contributed by atoms with E-state index in [0.29, 0.717) is 25.0 Å². The van der Waals surface area contributed by atoms with Gasteiger partial charge in [0.2, 0.25) is 5.91 Å². The molecule has 1 atom stereocenters. The van der Waals surface area contributed by atoms with E-state index in [9.17, 15) is 4.79 Å². The molecule has 1 heterocycles. The van der Waals surface area contributed by atoms with Crippen molar-refractivity contribution in [3.05, 3.63) is 21.9 Å². The van der Waals surface area contributed by atoms with Crippen LogP contribution in [0.15, 0.2) is 17.1 Å². The third kappa shape index (κ3) is 9.44. The predicted octanol–water partition coefficient (Wildman–Crippen LogP) is 3.22. The standard InChI is InChI=1S/C18H30N4OS.HI/c1-4-19-18(20-11-5-6-17(23)22-15-8-9-15)21-13(2)12-16-10-7-14(3)24-16;/h7,10,13,15H,4-6,8-9,11-12H2,1-3H3,(H,22,23)(H2,19,20,21);1H. The zero-order chi connectivity index (χ0) is 17.4. The number of hydrogen-bond acceptors (Lipinski definition) is 3. The molecule has 0 radical (unpaired) electrons. The summed E-state index contributed by atoms with van der Waals surface area (Å²) in [6, 6.07) is 5.13. The molecule has 1 saturated carbocycles.